The van der Waals surface area contributed by atoms with E-state index in [-0.39, 0.29) is 0 Å². The largest absolute Gasteiger partial charge is 0.0897 e. The highest BCUT2D eigenvalue weighted by molar-refractivity contribution is 8.76. The molecule has 102 valence electrons. The molecule has 0 aliphatic heterocycles. The molecule has 0 nitrogen and oxygen atoms in total. The van der Waals surface area contributed by atoms with Gasteiger partial charge >= 0.3 is 0 Å². The first kappa shape index (κ1) is 15.0. The first-order chi connectivity index (χ1) is 9.95. The maximum Gasteiger partial charge on any atom is 0.0221 e. The molecule has 0 radical (unpaired) electrons. The van der Waals surface area contributed by atoms with Gasteiger partial charge < -0.3 is 0 Å². The first-order valence-electron chi connectivity index (χ1n) is 6.63. The van der Waals surface area contributed by atoms with E-state index >= 15 is 0 Å². The maximum atomic E-state index is 2.22. The van der Waals surface area contributed by atoms with Gasteiger partial charge in [0.2, 0.25) is 0 Å². The van der Waals surface area contributed by atoms with Gasteiger partial charge in [0.25, 0.3) is 0 Å². The fourth-order valence-electron chi connectivity index (χ4n) is 1.67. The Morgan fingerprint density at radius 1 is 0.600 bits per heavy atom. The second kappa shape index (κ2) is 9.51. The van der Waals surface area contributed by atoms with Crippen LogP contribution in [-0.2, 0) is 0 Å². The quantitative estimate of drug-likeness (QED) is 0.468. The van der Waals surface area contributed by atoms with Crippen molar-refractivity contribution < 1.29 is 0 Å². The minimum absolute atomic E-state index is 1.04. The Kier molecular flexibility index (Phi) is 7.14. The summed E-state index contributed by atoms with van der Waals surface area (Å²) in [4.78, 5) is 0. The van der Waals surface area contributed by atoms with E-state index in [0.717, 1.165) is 11.5 Å². The Balaban J connectivity index is 1.58. The zero-order valence-electron chi connectivity index (χ0n) is 11.3. The van der Waals surface area contributed by atoms with Crippen LogP contribution in [0.15, 0.2) is 72.8 Å². The van der Waals surface area contributed by atoms with Gasteiger partial charge in [-0.3, -0.25) is 0 Å². The van der Waals surface area contributed by atoms with Gasteiger partial charge in [-0.25, -0.2) is 0 Å². The lowest BCUT2D eigenvalue weighted by molar-refractivity contribution is 1.65. The van der Waals surface area contributed by atoms with E-state index in [9.17, 15) is 0 Å². The number of benzene rings is 2. The minimum Gasteiger partial charge on any atom is -0.0897 e. The molecule has 0 fully saturated rings. The minimum atomic E-state index is 1.04. The van der Waals surface area contributed by atoms with E-state index in [1.807, 2.05) is 33.7 Å². The van der Waals surface area contributed by atoms with E-state index in [1.165, 1.54) is 11.1 Å². The summed E-state index contributed by atoms with van der Waals surface area (Å²) in [6, 6.07) is 20.8. The molecule has 0 aliphatic rings. The lowest BCUT2D eigenvalue weighted by atomic mass is 10.2. The van der Waals surface area contributed by atoms with E-state index in [4.69, 9.17) is 0 Å². The molecule has 2 heteroatoms. The standard InChI is InChI=1S/C18H18S2/c1-3-9-17(10-4-1)13-7-15-19-20-16-8-14-18-11-5-2-6-12-18/h1-14H,15-16H2/b13-7+,14-8+. The van der Waals surface area contributed by atoms with Crippen molar-refractivity contribution in [1.82, 2.24) is 0 Å². The van der Waals surface area contributed by atoms with E-state index < -0.39 is 0 Å². The average Bonchev–Trinajstić information content (AvgIpc) is 2.52. The van der Waals surface area contributed by atoms with Crippen LogP contribution in [0.3, 0.4) is 0 Å². The Bertz CT molecular complexity index is 478. The molecule has 0 saturated carbocycles. The third-order valence-corrected chi connectivity index (χ3v) is 4.77. The van der Waals surface area contributed by atoms with E-state index in [0.29, 0.717) is 0 Å². The van der Waals surface area contributed by atoms with Gasteiger partial charge in [-0.1, -0.05) is 107 Å². The fraction of sp³-hybridized carbons (Fsp3) is 0.111. The van der Waals surface area contributed by atoms with Crippen molar-refractivity contribution >= 4 is 33.7 Å². The van der Waals surface area contributed by atoms with Crippen LogP contribution in [0.25, 0.3) is 12.2 Å². The molecule has 2 aromatic rings. The third kappa shape index (κ3) is 6.18. The summed E-state index contributed by atoms with van der Waals surface area (Å²) in [5.74, 6) is 2.08. The Morgan fingerprint density at radius 2 is 1.00 bits per heavy atom. The monoisotopic (exact) mass is 298 g/mol. The van der Waals surface area contributed by atoms with Crippen molar-refractivity contribution in [2.24, 2.45) is 0 Å². The van der Waals surface area contributed by atoms with Gasteiger partial charge in [-0.2, -0.15) is 0 Å². The molecule has 0 heterocycles. The van der Waals surface area contributed by atoms with Crippen LogP contribution in [-0.4, -0.2) is 11.5 Å². The summed E-state index contributed by atoms with van der Waals surface area (Å²) >= 11 is 0. The van der Waals surface area contributed by atoms with Crippen LogP contribution in [0.4, 0.5) is 0 Å². The highest BCUT2D eigenvalue weighted by atomic mass is 33.1. The summed E-state index contributed by atoms with van der Waals surface area (Å²) in [7, 11) is 3.77. The number of hydrogen-bond donors (Lipinski definition) is 0. The zero-order valence-corrected chi connectivity index (χ0v) is 12.9. The van der Waals surface area contributed by atoms with Gasteiger partial charge in [0.1, 0.15) is 0 Å². The van der Waals surface area contributed by atoms with Crippen molar-refractivity contribution in [2.45, 2.75) is 0 Å². The van der Waals surface area contributed by atoms with Crippen LogP contribution >= 0.6 is 21.6 Å². The normalized spacial score (nSPS) is 11.4. The van der Waals surface area contributed by atoms with Crippen LogP contribution in [0.5, 0.6) is 0 Å². The zero-order chi connectivity index (χ0) is 13.9. The Hall–Kier alpha value is -1.38. The van der Waals surface area contributed by atoms with E-state index in [1.54, 1.807) is 0 Å². The molecule has 0 aromatic heterocycles. The lowest BCUT2D eigenvalue weighted by Crippen LogP contribution is -1.72. The van der Waals surface area contributed by atoms with Crippen LogP contribution in [0, 0.1) is 0 Å². The second-order valence-electron chi connectivity index (χ2n) is 4.20. The van der Waals surface area contributed by atoms with Gasteiger partial charge in [-0.15, -0.1) is 0 Å². The van der Waals surface area contributed by atoms with Crippen molar-refractivity contribution in [3.63, 3.8) is 0 Å². The molecule has 20 heavy (non-hydrogen) atoms. The summed E-state index contributed by atoms with van der Waals surface area (Å²) in [6.07, 6.45) is 8.78. The van der Waals surface area contributed by atoms with Gasteiger partial charge in [0.05, 0.1) is 0 Å². The molecule has 2 rings (SSSR count). The van der Waals surface area contributed by atoms with Crippen molar-refractivity contribution in [2.75, 3.05) is 11.5 Å². The maximum absolute atomic E-state index is 2.22. The summed E-state index contributed by atoms with van der Waals surface area (Å²) < 4.78 is 0. The number of rotatable bonds is 7. The number of hydrogen-bond acceptors (Lipinski definition) is 2. The van der Waals surface area contributed by atoms with Crippen molar-refractivity contribution in [1.29, 1.82) is 0 Å². The van der Waals surface area contributed by atoms with E-state index in [2.05, 4.69) is 72.8 Å². The molecular weight excluding hydrogens is 280 g/mol. The smallest absolute Gasteiger partial charge is 0.0221 e. The molecular formula is C18H18S2. The molecule has 0 aliphatic carbocycles. The third-order valence-electron chi connectivity index (χ3n) is 2.63. The highest BCUT2D eigenvalue weighted by Crippen LogP contribution is 2.21. The van der Waals surface area contributed by atoms with Gasteiger partial charge in [0.15, 0.2) is 0 Å². The molecule has 0 spiro atoms. The molecule has 0 unspecified atom stereocenters. The molecule has 0 saturated heterocycles. The van der Waals surface area contributed by atoms with Crippen LogP contribution in [0.1, 0.15) is 11.1 Å². The Labute approximate surface area is 129 Å². The van der Waals surface area contributed by atoms with Crippen molar-refractivity contribution in [3.05, 3.63) is 83.9 Å². The SMILES string of the molecule is C(=C\c1ccccc1)/CSSC/C=C/c1ccccc1. The summed E-state index contributed by atoms with van der Waals surface area (Å²) in [5.41, 5.74) is 2.53. The molecule has 2 aromatic carbocycles. The van der Waals surface area contributed by atoms with Crippen LogP contribution < -0.4 is 0 Å². The van der Waals surface area contributed by atoms with Crippen molar-refractivity contribution in [3.8, 4) is 0 Å². The fourth-order valence-corrected chi connectivity index (χ4v) is 3.26. The summed E-state index contributed by atoms with van der Waals surface area (Å²) in [6.45, 7) is 0. The molecule has 0 amide bonds. The first-order valence-corrected chi connectivity index (χ1v) is 9.11. The summed E-state index contributed by atoms with van der Waals surface area (Å²) in [5, 5.41) is 0. The molecule has 0 bridgehead atoms. The van der Waals surface area contributed by atoms with Gasteiger partial charge in [0, 0.05) is 11.5 Å². The highest BCUT2D eigenvalue weighted by Gasteiger charge is 1.87. The molecule has 0 atom stereocenters. The molecule has 0 N–H and O–H groups in total. The predicted octanol–water partition coefficient (Wildman–Crippen LogP) is 5.79. The topological polar surface area (TPSA) is 0 Å². The van der Waals surface area contributed by atoms with Crippen LogP contribution in [0.2, 0.25) is 0 Å². The second-order valence-corrected chi connectivity index (χ2v) is 6.75. The van der Waals surface area contributed by atoms with Gasteiger partial charge in [-0.05, 0) is 11.1 Å². The predicted molar refractivity (Wildman–Crippen MR) is 95.9 cm³/mol. The Morgan fingerprint density at radius 3 is 1.40 bits per heavy atom. The lowest BCUT2D eigenvalue weighted by Gasteiger charge is -1.95. The average molecular weight is 298 g/mol.